The minimum atomic E-state index is -1.08. The van der Waals surface area contributed by atoms with Gasteiger partial charge in [0.15, 0.2) is 0 Å². The molecule has 104 valence electrons. The van der Waals surface area contributed by atoms with E-state index in [1.807, 2.05) is 0 Å². The number of halogens is 3. The molecule has 0 aliphatic heterocycles. The van der Waals surface area contributed by atoms with Gasteiger partial charge < -0.3 is 11.1 Å². The fourth-order valence-corrected chi connectivity index (χ4v) is 2.91. The third-order valence-electron chi connectivity index (χ3n) is 2.39. The molecule has 0 bridgehead atoms. The van der Waals surface area contributed by atoms with Gasteiger partial charge in [-0.25, -0.2) is 8.78 Å². The number of hydrogen-bond donors (Lipinski definition) is 2. The zero-order valence-electron chi connectivity index (χ0n) is 9.75. The first kappa shape index (κ1) is 14.6. The number of primary amides is 1. The number of nitrogens with two attached hydrogens (primary N) is 1. The molecule has 1 heterocycles. The lowest BCUT2D eigenvalue weighted by atomic mass is 10.1. The van der Waals surface area contributed by atoms with E-state index in [1.165, 1.54) is 0 Å². The van der Waals surface area contributed by atoms with Crippen molar-refractivity contribution in [1.82, 2.24) is 0 Å². The third kappa shape index (κ3) is 2.86. The molecule has 2 rings (SSSR count). The van der Waals surface area contributed by atoms with Gasteiger partial charge in [0.2, 0.25) is 0 Å². The van der Waals surface area contributed by atoms with Gasteiger partial charge >= 0.3 is 0 Å². The second kappa shape index (κ2) is 5.68. The quantitative estimate of drug-likeness (QED) is 0.882. The second-order valence-corrected chi connectivity index (χ2v) is 5.50. The maximum absolute atomic E-state index is 13.6. The molecule has 0 spiro atoms. The van der Waals surface area contributed by atoms with Crippen LogP contribution in [0.5, 0.6) is 0 Å². The van der Waals surface area contributed by atoms with E-state index in [2.05, 4.69) is 21.2 Å². The molecule has 20 heavy (non-hydrogen) atoms. The molecule has 4 nitrogen and oxygen atoms in total. The lowest BCUT2D eigenvalue weighted by Gasteiger charge is -2.08. The molecule has 2 amide bonds. The van der Waals surface area contributed by atoms with Crippen LogP contribution in [0.2, 0.25) is 0 Å². The van der Waals surface area contributed by atoms with Crippen LogP contribution in [0.3, 0.4) is 0 Å². The molecule has 0 saturated heterocycles. The predicted octanol–water partition coefficient (Wildman–Crippen LogP) is 3.14. The molecule has 2 aromatic rings. The van der Waals surface area contributed by atoms with Crippen molar-refractivity contribution in [3.63, 3.8) is 0 Å². The summed E-state index contributed by atoms with van der Waals surface area (Å²) < 4.78 is 27.4. The van der Waals surface area contributed by atoms with Crippen LogP contribution in [-0.4, -0.2) is 11.8 Å². The summed E-state index contributed by atoms with van der Waals surface area (Å²) in [4.78, 5) is 23.2. The van der Waals surface area contributed by atoms with Gasteiger partial charge in [0.05, 0.1) is 11.3 Å². The Labute approximate surface area is 124 Å². The van der Waals surface area contributed by atoms with E-state index in [0.29, 0.717) is 15.4 Å². The number of thiophene rings is 1. The summed E-state index contributed by atoms with van der Waals surface area (Å²) >= 11 is 4.32. The minimum Gasteiger partial charge on any atom is -0.366 e. The van der Waals surface area contributed by atoms with Crippen molar-refractivity contribution in [2.24, 2.45) is 5.73 Å². The number of nitrogens with one attached hydrogen (secondary N) is 1. The largest absolute Gasteiger partial charge is 0.366 e. The average Bonchev–Trinajstić information content (AvgIpc) is 2.78. The van der Waals surface area contributed by atoms with Crippen molar-refractivity contribution < 1.29 is 18.4 Å². The Bertz CT molecular complexity index is 703. The van der Waals surface area contributed by atoms with Crippen molar-refractivity contribution in [1.29, 1.82) is 0 Å². The monoisotopic (exact) mass is 360 g/mol. The van der Waals surface area contributed by atoms with Crippen LogP contribution in [0.25, 0.3) is 0 Å². The molecule has 0 unspecified atom stereocenters. The summed E-state index contributed by atoms with van der Waals surface area (Å²) in [5.74, 6) is -3.69. The molecule has 0 saturated carbocycles. The van der Waals surface area contributed by atoms with Crippen molar-refractivity contribution in [3.8, 4) is 0 Å². The smallest absolute Gasteiger partial charge is 0.266 e. The molecule has 0 radical (unpaired) electrons. The first-order valence-corrected chi connectivity index (χ1v) is 6.90. The lowest BCUT2D eigenvalue weighted by Crippen LogP contribution is -2.16. The number of benzene rings is 1. The summed E-state index contributed by atoms with van der Waals surface area (Å²) in [7, 11) is 0. The Kier molecular flexibility index (Phi) is 4.15. The topological polar surface area (TPSA) is 72.2 Å². The van der Waals surface area contributed by atoms with E-state index in [4.69, 9.17) is 5.73 Å². The predicted molar refractivity (Wildman–Crippen MR) is 74.8 cm³/mol. The van der Waals surface area contributed by atoms with E-state index in [9.17, 15) is 18.4 Å². The highest BCUT2D eigenvalue weighted by Gasteiger charge is 2.17. The van der Waals surface area contributed by atoms with E-state index in [-0.39, 0.29) is 5.69 Å². The Morgan fingerprint density at radius 1 is 1.25 bits per heavy atom. The SMILES string of the molecule is NC(=O)c1cc(NC(=O)c2sccc2Br)c(F)cc1F. The van der Waals surface area contributed by atoms with Crippen LogP contribution in [0.15, 0.2) is 28.1 Å². The number of hydrogen-bond acceptors (Lipinski definition) is 3. The zero-order valence-corrected chi connectivity index (χ0v) is 12.1. The third-order valence-corrected chi connectivity index (χ3v) is 4.23. The minimum absolute atomic E-state index is 0.314. The van der Waals surface area contributed by atoms with Crippen molar-refractivity contribution in [2.75, 3.05) is 5.32 Å². The Morgan fingerprint density at radius 3 is 2.50 bits per heavy atom. The van der Waals surface area contributed by atoms with Gasteiger partial charge in [-0.3, -0.25) is 9.59 Å². The molecule has 0 aliphatic carbocycles. The summed E-state index contributed by atoms with van der Waals surface area (Å²) in [5.41, 5.74) is 4.16. The molecular formula is C12H7BrF2N2O2S. The highest BCUT2D eigenvalue weighted by molar-refractivity contribution is 9.10. The Balaban J connectivity index is 2.34. The van der Waals surface area contributed by atoms with Crippen molar-refractivity contribution in [2.45, 2.75) is 0 Å². The Morgan fingerprint density at radius 2 is 1.95 bits per heavy atom. The van der Waals surface area contributed by atoms with Crippen molar-refractivity contribution >= 4 is 44.8 Å². The van der Waals surface area contributed by atoms with Gasteiger partial charge in [0, 0.05) is 10.5 Å². The Hall–Kier alpha value is -1.80. The van der Waals surface area contributed by atoms with Crippen LogP contribution in [0.4, 0.5) is 14.5 Å². The molecule has 1 aromatic carbocycles. The summed E-state index contributed by atoms with van der Waals surface area (Å²) in [6, 6.07) is 3.03. The van der Waals surface area contributed by atoms with E-state index < -0.39 is 29.0 Å². The molecule has 0 fully saturated rings. The average molecular weight is 361 g/mol. The normalized spacial score (nSPS) is 10.3. The van der Waals surface area contributed by atoms with Crippen LogP contribution < -0.4 is 11.1 Å². The number of carbonyl (C=O) groups is 2. The molecule has 0 aliphatic rings. The van der Waals surface area contributed by atoms with Gasteiger partial charge in [0.25, 0.3) is 11.8 Å². The standard InChI is InChI=1S/C12H7BrF2N2O2S/c13-6-1-2-20-10(6)12(19)17-9-3-5(11(16)18)7(14)4-8(9)15/h1-4H,(H2,16,18)(H,17,19). The van der Waals surface area contributed by atoms with Gasteiger partial charge in [-0.15, -0.1) is 11.3 Å². The zero-order chi connectivity index (χ0) is 14.9. The summed E-state index contributed by atoms with van der Waals surface area (Å²) in [6.07, 6.45) is 0. The van der Waals surface area contributed by atoms with E-state index in [0.717, 1.165) is 17.4 Å². The van der Waals surface area contributed by atoms with Crippen LogP contribution in [0, 0.1) is 11.6 Å². The fourth-order valence-electron chi connectivity index (χ4n) is 1.47. The number of anilines is 1. The molecule has 8 heteroatoms. The summed E-state index contributed by atoms with van der Waals surface area (Å²) in [5, 5.41) is 3.94. The van der Waals surface area contributed by atoms with Crippen LogP contribution in [0.1, 0.15) is 20.0 Å². The highest BCUT2D eigenvalue weighted by atomic mass is 79.9. The maximum Gasteiger partial charge on any atom is 0.266 e. The first-order chi connectivity index (χ1) is 9.40. The number of amides is 2. The number of carbonyl (C=O) groups excluding carboxylic acids is 2. The molecule has 0 atom stereocenters. The summed E-state index contributed by atoms with van der Waals surface area (Å²) in [6.45, 7) is 0. The van der Waals surface area contributed by atoms with E-state index in [1.54, 1.807) is 11.4 Å². The lowest BCUT2D eigenvalue weighted by molar-refractivity contribution is 0.0992. The first-order valence-electron chi connectivity index (χ1n) is 5.23. The van der Waals surface area contributed by atoms with Gasteiger partial charge in [-0.05, 0) is 33.4 Å². The maximum atomic E-state index is 13.6. The van der Waals surface area contributed by atoms with Crippen LogP contribution >= 0.6 is 27.3 Å². The fraction of sp³-hybridized carbons (Fsp3) is 0. The highest BCUT2D eigenvalue weighted by Crippen LogP contribution is 2.25. The van der Waals surface area contributed by atoms with Gasteiger partial charge in [-0.1, -0.05) is 0 Å². The van der Waals surface area contributed by atoms with Gasteiger partial charge in [0.1, 0.15) is 16.5 Å². The molecule has 1 aromatic heterocycles. The van der Waals surface area contributed by atoms with E-state index >= 15 is 0 Å². The van der Waals surface area contributed by atoms with Gasteiger partial charge in [-0.2, -0.15) is 0 Å². The van der Waals surface area contributed by atoms with Crippen LogP contribution in [-0.2, 0) is 0 Å². The molecule has 3 N–H and O–H groups in total. The second-order valence-electron chi connectivity index (χ2n) is 3.73. The van der Waals surface area contributed by atoms with Crippen molar-refractivity contribution in [3.05, 3.63) is 50.1 Å². The number of rotatable bonds is 3. The molecular weight excluding hydrogens is 354 g/mol.